The number of hydrogen-bond donors (Lipinski definition) is 1. The third kappa shape index (κ3) is 4.55. The molecule has 24 heavy (non-hydrogen) atoms. The van der Waals surface area contributed by atoms with Crippen molar-refractivity contribution in [1.82, 2.24) is 5.32 Å². The van der Waals surface area contributed by atoms with E-state index in [1.54, 1.807) is 24.3 Å². The van der Waals surface area contributed by atoms with Gasteiger partial charge in [-0.2, -0.15) is 0 Å². The average molecular weight is 412 g/mol. The van der Waals surface area contributed by atoms with Crippen LogP contribution in [0.25, 0.3) is 0 Å². The minimum atomic E-state index is -1.21. The Balaban J connectivity index is 1.55. The number of hydrogen-bond acceptors (Lipinski definition) is 4. The van der Waals surface area contributed by atoms with Gasteiger partial charge in [-0.1, -0.05) is 15.9 Å². The summed E-state index contributed by atoms with van der Waals surface area (Å²) in [5.74, 6) is 0.723. The molecule has 1 amide bonds. The number of halogens is 1. The van der Waals surface area contributed by atoms with Crippen LogP contribution in [0.3, 0.4) is 0 Å². The van der Waals surface area contributed by atoms with Gasteiger partial charge in [-0.3, -0.25) is 9.00 Å². The van der Waals surface area contributed by atoms with Gasteiger partial charge in [0.2, 0.25) is 0 Å². The first-order chi connectivity index (χ1) is 11.6. The number of furan rings is 1. The molecule has 2 heterocycles. The van der Waals surface area contributed by atoms with E-state index in [4.69, 9.17) is 9.15 Å². The zero-order valence-electron chi connectivity index (χ0n) is 13.0. The summed E-state index contributed by atoms with van der Waals surface area (Å²) in [6.07, 6.45) is 2.09. The molecule has 3 rings (SSSR count). The molecule has 0 saturated carbocycles. The van der Waals surface area contributed by atoms with Gasteiger partial charge in [0.25, 0.3) is 5.91 Å². The van der Waals surface area contributed by atoms with Gasteiger partial charge < -0.3 is 14.5 Å². The molecule has 0 aliphatic carbocycles. The second-order valence-corrected chi connectivity index (χ2v) is 7.92. The fraction of sp³-hybridized carbons (Fsp3) is 0.353. The van der Waals surface area contributed by atoms with Gasteiger partial charge in [0, 0.05) is 22.5 Å². The highest BCUT2D eigenvalue weighted by Gasteiger charge is 2.18. The Labute approximate surface area is 151 Å². The van der Waals surface area contributed by atoms with E-state index in [2.05, 4.69) is 21.2 Å². The number of ether oxygens (including phenoxy) is 1. The standard InChI is InChI=1S/C17H18BrNO4S/c18-12-3-6-15(7-4-12)24(21)11-14-5-8-16(23-14)17(20)19-10-13-2-1-9-22-13/h3-8,13H,1-2,9-11H2,(H,19,20)/t13-,24-/m0/s1. The van der Waals surface area contributed by atoms with Crippen molar-refractivity contribution in [3.8, 4) is 0 Å². The minimum absolute atomic E-state index is 0.0910. The number of carbonyl (C=O) groups is 1. The maximum atomic E-state index is 12.3. The second kappa shape index (κ2) is 8.09. The smallest absolute Gasteiger partial charge is 0.287 e. The topological polar surface area (TPSA) is 68.5 Å². The second-order valence-electron chi connectivity index (χ2n) is 5.55. The number of rotatable bonds is 6. The average Bonchev–Trinajstić information content (AvgIpc) is 3.25. The summed E-state index contributed by atoms with van der Waals surface area (Å²) in [4.78, 5) is 12.8. The van der Waals surface area contributed by atoms with Crippen LogP contribution < -0.4 is 5.32 Å². The third-order valence-electron chi connectivity index (χ3n) is 3.75. The van der Waals surface area contributed by atoms with Crippen LogP contribution in [0, 0.1) is 0 Å². The van der Waals surface area contributed by atoms with Gasteiger partial charge in [0.05, 0.1) is 22.7 Å². The van der Waals surface area contributed by atoms with Crippen molar-refractivity contribution in [2.45, 2.75) is 29.6 Å². The van der Waals surface area contributed by atoms with E-state index >= 15 is 0 Å². The van der Waals surface area contributed by atoms with Crippen molar-refractivity contribution in [3.05, 3.63) is 52.4 Å². The molecule has 0 spiro atoms. The highest BCUT2D eigenvalue weighted by Crippen LogP contribution is 2.18. The molecule has 0 radical (unpaired) electrons. The van der Waals surface area contributed by atoms with Crippen LogP contribution in [0.5, 0.6) is 0 Å². The number of benzene rings is 1. The van der Waals surface area contributed by atoms with Gasteiger partial charge >= 0.3 is 0 Å². The Morgan fingerprint density at radius 1 is 1.25 bits per heavy atom. The van der Waals surface area contributed by atoms with Crippen molar-refractivity contribution in [3.63, 3.8) is 0 Å². The van der Waals surface area contributed by atoms with Crippen LogP contribution in [0.2, 0.25) is 0 Å². The van der Waals surface area contributed by atoms with Crippen LogP contribution in [0.1, 0.15) is 29.2 Å². The van der Waals surface area contributed by atoms with Crippen LogP contribution in [0.4, 0.5) is 0 Å². The number of nitrogens with one attached hydrogen (secondary N) is 1. The molecule has 1 aliphatic heterocycles. The lowest BCUT2D eigenvalue weighted by Crippen LogP contribution is -2.31. The zero-order chi connectivity index (χ0) is 16.9. The molecular weight excluding hydrogens is 394 g/mol. The molecule has 1 aromatic heterocycles. The Morgan fingerprint density at radius 3 is 2.75 bits per heavy atom. The van der Waals surface area contributed by atoms with Crippen molar-refractivity contribution in [2.24, 2.45) is 0 Å². The van der Waals surface area contributed by atoms with Crippen LogP contribution in [0.15, 0.2) is 50.2 Å². The first-order valence-corrected chi connectivity index (χ1v) is 9.85. The lowest BCUT2D eigenvalue weighted by Gasteiger charge is -2.09. The molecule has 5 nitrogen and oxygen atoms in total. The molecule has 1 aliphatic rings. The first kappa shape index (κ1) is 17.4. The molecule has 7 heteroatoms. The largest absolute Gasteiger partial charge is 0.455 e. The van der Waals surface area contributed by atoms with Gasteiger partial charge in [-0.05, 0) is 49.2 Å². The summed E-state index contributed by atoms with van der Waals surface area (Å²) >= 11 is 3.35. The predicted molar refractivity (Wildman–Crippen MR) is 94.3 cm³/mol. The van der Waals surface area contributed by atoms with Crippen LogP contribution >= 0.6 is 15.9 Å². The van der Waals surface area contributed by atoms with Crippen molar-refractivity contribution in [1.29, 1.82) is 0 Å². The maximum absolute atomic E-state index is 12.3. The van der Waals surface area contributed by atoms with Gasteiger partial charge in [0.1, 0.15) is 5.76 Å². The van der Waals surface area contributed by atoms with E-state index < -0.39 is 10.8 Å². The normalized spacial score (nSPS) is 18.5. The molecule has 1 fully saturated rings. The maximum Gasteiger partial charge on any atom is 0.287 e. The summed E-state index contributed by atoms with van der Waals surface area (Å²) < 4.78 is 24.2. The highest BCUT2D eigenvalue weighted by molar-refractivity contribution is 9.10. The van der Waals surface area contributed by atoms with E-state index in [9.17, 15) is 9.00 Å². The minimum Gasteiger partial charge on any atom is -0.455 e. The molecule has 2 aromatic rings. The quantitative estimate of drug-likeness (QED) is 0.791. The molecular formula is C17H18BrNO4S. The molecule has 0 unspecified atom stereocenters. The fourth-order valence-electron chi connectivity index (χ4n) is 2.48. The summed E-state index contributed by atoms with van der Waals surface area (Å²) in [5, 5.41) is 2.81. The summed E-state index contributed by atoms with van der Waals surface area (Å²) in [7, 11) is -1.21. The van der Waals surface area contributed by atoms with Gasteiger partial charge in [0.15, 0.2) is 5.76 Å². The van der Waals surface area contributed by atoms with Crippen LogP contribution in [-0.4, -0.2) is 29.4 Å². The number of carbonyl (C=O) groups excluding carboxylic acids is 1. The lowest BCUT2D eigenvalue weighted by atomic mass is 10.2. The monoisotopic (exact) mass is 411 g/mol. The first-order valence-electron chi connectivity index (χ1n) is 7.74. The van der Waals surface area contributed by atoms with Crippen molar-refractivity contribution < 1.29 is 18.2 Å². The summed E-state index contributed by atoms with van der Waals surface area (Å²) in [6, 6.07) is 10.6. The van der Waals surface area contributed by atoms with Crippen molar-refractivity contribution >= 4 is 32.6 Å². The SMILES string of the molecule is O=C(NC[C@@H]1CCCO1)c1ccc(C[S@](=O)c2ccc(Br)cc2)o1. The molecule has 2 atom stereocenters. The Bertz CT molecular complexity index is 722. The Kier molecular flexibility index (Phi) is 5.86. The van der Waals surface area contributed by atoms with E-state index in [1.807, 2.05) is 12.1 Å². The van der Waals surface area contributed by atoms with Crippen LogP contribution in [-0.2, 0) is 21.3 Å². The van der Waals surface area contributed by atoms with Crippen molar-refractivity contribution in [2.75, 3.05) is 13.2 Å². The number of amides is 1. The predicted octanol–water partition coefficient (Wildman–Crippen LogP) is 3.26. The molecule has 128 valence electrons. The molecule has 1 N–H and O–H groups in total. The molecule has 1 aromatic carbocycles. The zero-order valence-corrected chi connectivity index (χ0v) is 15.4. The molecule has 1 saturated heterocycles. The van der Waals surface area contributed by atoms with E-state index in [0.29, 0.717) is 12.3 Å². The highest BCUT2D eigenvalue weighted by atomic mass is 79.9. The Morgan fingerprint density at radius 2 is 2.04 bits per heavy atom. The summed E-state index contributed by atoms with van der Waals surface area (Å²) in [6.45, 7) is 1.24. The van der Waals surface area contributed by atoms with E-state index in [-0.39, 0.29) is 23.5 Å². The van der Waals surface area contributed by atoms with E-state index in [1.165, 1.54) is 0 Å². The Hall–Kier alpha value is -1.44. The lowest BCUT2D eigenvalue weighted by molar-refractivity contribution is 0.0834. The summed E-state index contributed by atoms with van der Waals surface area (Å²) in [5.41, 5.74) is 0. The van der Waals surface area contributed by atoms with Gasteiger partial charge in [-0.25, -0.2) is 0 Å². The third-order valence-corrected chi connectivity index (χ3v) is 5.62. The fourth-order valence-corrected chi connectivity index (χ4v) is 3.76. The van der Waals surface area contributed by atoms with E-state index in [0.717, 1.165) is 28.8 Å². The van der Waals surface area contributed by atoms with Gasteiger partial charge in [-0.15, -0.1) is 0 Å². The molecule has 0 bridgehead atoms.